The molecule has 5 rings (SSSR count). The van der Waals surface area contributed by atoms with Crippen molar-refractivity contribution in [2.24, 2.45) is 0 Å². The lowest BCUT2D eigenvalue weighted by Crippen LogP contribution is -2.08. The molecule has 6 nitrogen and oxygen atoms in total. The highest BCUT2D eigenvalue weighted by Gasteiger charge is 2.29. The Morgan fingerprint density at radius 1 is 1.04 bits per heavy atom. The highest BCUT2D eigenvalue weighted by atomic mass is 16.5. The van der Waals surface area contributed by atoms with E-state index in [2.05, 4.69) is 15.2 Å². The SMILES string of the molecule is CC.Oc1ccc(C2Oc3cccc(O)c3-c3cnnc4[nH]cc2c34)cc1. The summed E-state index contributed by atoms with van der Waals surface area (Å²) in [7, 11) is 0. The van der Waals surface area contributed by atoms with Crippen LogP contribution in [-0.2, 0) is 0 Å². The average Bonchev–Trinajstić information content (AvgIpc) is 3.06. The third kappa shape index (κ3) is 2.66. The second-order valence-corrected chi connectivity index (χ2v) is 5.97. The van der Waals surface area contributed by atoms with Gasteiger partial charge in [0.2, 0.25) is 0 Å². The zero-order chi connectivity index (χ0) is 19.0. The zero-order valence-corrected chi connectivity index (χ0v) is 15.0. The summed E-state index contributed by atoms with van der Waals surface area (Å²) in [6, 6.07) is 12.1. The highest BCUT2D eigenvalue weighted by molar-refractivity contribution is 5.99. The first-order valence-corrected chi connectivity index (χ1v) is 8.83. The summed E-state index contributed by atoms with van der Waals surface area (Å²) >= 11 is 0. The van der Waals surface area contributed by atoms with Gasteiger partial charge in [-0.25, -0.2) is 0 Å². The van der Waals surface area contributed by atoms with Gasteiger partial charge in [0.25, 0.3) is 0 Å². The second kappa shape index (κ2) is 6.64. The molecule has 1 unspecified atom stereocenters. The van der Waals surface area contributed by atoms with Crippen molar-refractivity contribution in [2.75, 3.05) is 0 Å². The summed E-state index contributed by atoms with van der Waals surface area (Å²) in [4.78, 5) is 3.12. The molecular weight excluding hydrogens is 342 g/mol. The molecule has 3 heterocycles. The molecule has 2 aromatic carbocycles. The number of phenolic OH excluding ortho intramolecular Hbond substituents is 2. The Balaban J connectivity index is 0.000000872. The lowest BCUT2D eigenvalue weighted by atomic mass is 9.98. The summed E-state index contributed by atoms with van der Waals surface area (Å²) in [6.45, 7) is 4.00. The largest absolute Gasteiger partial charge is 0.508 e. The first kappa shape index (κ1) is 16.9. The summed E-state index contributed by atoms with van der Waals surface area (Å²) in [5, 5.41) is 29.1. The second-order valence-electron chi connectivity index (χ2n) is 5.97. The van der Waals surface area contributed by atoms with Gasteiger partial charge in [-0.2, -0.15) is 5.10 Å². The van der Waals surface area contributed by atoms with Crippen LogP contribution in [0.15, 0.2) is 54.9 Å². The molecular formula is C21H19N3O3. The molecule has 0 fully saturated rings. The van der Waals surface area contributed by atoms with E-state index >= 15 is 0 Å². The van der Waals surface area contributed by atoms with Crippen molar-refractivity contribution < 1.29 is 14.9 Å². The Kier molecular flexibility index (Phi) is 4.16. The van der Waals surface area contributed by atoms with Crippen molar-refractivity contribution in [3.63, 3.8) is 0 Å². The number of aromatic amines is 1. The number of aromatic hydroxyl groups is 2. The Morgan fingerprint density at radius 3 is 2.59 bits per heavy atom. The Hall–Kier alpha value is -3.54. The van der Waals surface area contributed by atoms with E-state index in [4.69, 9.17) is 4.74 Å². The fourth-order valence-electron chi connectivity index (χ4n) is 3.37. The van der Waals surface area contributed by atoms with Crippen molar-refractivity contribution >= 4 is 11.0 Å². The van der Waals surface area contributed by atoms with E-state index in [1.807, 2.05) is 38.2 Å². The summed E-state index contributed by atoms with van der Waals surface area (Å²) in [5.74, 6) is 0.898. The molecule has 1 aliphatic heterocycles. The number of benzene rings is 2. The maximum absolute atomic E-state index is 10.4. The molecule has 4 aromatic rings. The van der Waals surface area contributed by atoms with Gasteiger partial charge in [-0.1, -0.05) is 32.0 Å². The van der Waals surface area contributed by atoms with Gasteiger partial charge in [0.15, 0.2) is 11.8 Å². The van der Waals surface area contributed by atoms with Gasteiger partial charge in [0.05, 0.1) is 11.8 Å². The van der Waals surface area contributed by atoms with Gasteiger partial charge in [0, 0.05) is 22.7 Å². The monoisotopic (exact) mass is 361 g/mol. The summed E-state index contributed by atoms with van der Waals surface area (Å²) in [6.07, 6.45) is 3.09. The van der Waals surface area contributed by atoms with E-state index in [1.54, 1.807) is 30.5 Å². The fraction of sp³-hybridized carbons (Fsp3) is 0.143. The van der Waals surface area contributed by atoms with Crippen molar-refractivity contribution in [3.8, 4) is 28.4 Å². The Bertz CT molecular complexity index is 1100. The molecule has 1 atom stereocenters. The fourth-order valence-corrected chi connectivity index (χ4v) is 3.37. The van der Waals surface area contributed by atoms with Crippen molar-refractivity contribution in [1.29, 1.82) is 0 Å². The first-order valence-electron chi connectivity index (χ1n) is 8.83. The minimum absolute atomic E-state index is 0.130. The van der Waals surface area contributed by atoms with Gasteiger partial charge in [-0.15, -0.1) is 5.10 Å². The lowest BCUT2D eigenvalue weighted by Gasteiger charge is -2.19. The van der Waals surface area contributed by atoms with Crippen LogP contribution in [0.3, 0.4) is 0 Å². The van der Waals surface area contributed by atoms with Crippen LogP contribution >= 0.6 is 0 Å². The van der Waals surface area contributed by atoms with Crippen LogP contribution < -0.4 is 4.74 Å². The average molecular weight is 361 g/mol. The van der Waals surface area contributed by atoms with Crippen LogP contribution in [0.4, 0.5) is 0 Å². The number of ether oxygens (including phenoxy) is 1. The molecule has 3 N–H and O–H groups in total. The first-order chi connectivity index (χ1) is 13.2. The van der Waals surface area contributed by atoms with Crippen molar-refractivity contribution in [1.82, 2.24) is 15.2 Å². The van der Waals surface area contributed by atoms with Crippen LogP contribution in [0.1, 0.15) is 31.1 Å². The number of fused-ring (bicyclic) bond motifs is 2. The quantitative estimate of drug-likeness (QED) is 0.463. The third-order valence-electron chi connectivity index (χ3n) is 4.50. The topological polar surface area (TPSA) is 91.3 Å². The number of rotatable bonds is 1. The molecule has 0 bridgehead atoms. The Labute approximate surface area is 156 Å². The predicted molar refractivity (Wildman–Crippen MR) is 103 cm³/mol. The van der Waals surface area contributed by atoms with Crippen LogP contribution in [0, 0.1) is 0 Å². The predicted octanol–water partition coefficient (Wildman–Crippen LogP) is 4.54. The number of hydrogen-bond acceptors (Lipinski definition) is 5. The van der Waals surface area contributed by atoms with Gasteiger partial charge >= 0.3 is 0 Å². The number of phenols is 2. The summed E-state index contributed by atoms with van der Waals surface area (Å²) in [5.41, 5.74) is 3.80. The van der Waals surface area contributed by atoms with E-state index in [1.165, 1.54) is 0 Å². The van der Waals surface area contributed by atoms with E-state index in [9.17, 15) is 10.2 Å². The summed E-state index contributed by atoms with van der Waals surface area (Å²) < 4.78 is 6.28. The number of nitrogens with one attached hydrogen (secondary N) is 1. The molecule has 0 saturated heterocycles. The van der Waals surface area contributed by atoms with Crippen LogP contribution in [-0.4, -0.2) is 25.4 Å². The molecule has 1 aliphatic rings. The standard InChI is InChI=1S/C19H13N3O3.C2H6/c23-11-6-4-10(5-7-11)18-13-8-20-19-16(13)12(9-21-22-19)17-14(24)2-1-3-15(17)25-18;1-2/h1-9,18,23-24H,(H,20,22);1-2H3. The molecule has 0 spiro atoms. The molecule has 6 heteroatoms. The molecule has 0 saturated carbocycles. The van der Waals surface area contributed by atoms with Crippen molar-refractivity contribution in [2.45, 2.75) is 20.0 Å². The van der Waals surface area contributed by atoms with E-state index in [0.29, 0.717) is 17.0 Å². The molecule has 27 heavy (non-hydrogen) atoms. The molecule has 0 aliphatic carbocycles. The normalized spacial score (nSPS) is 14.5. The smallest absolute Gasteiger partial charge is 0.161 e. The van der Waals surface area contributed by atoms with Crippen LogP contribution in [0.5, 0.6) is 17.2 Å². The minimum atomic E-state index is -0.402. The molecule has 2 aromatic heterocycles. The number of nitrogens with zero attached hydrogens (tertiary/aromatic N) is 2. The maximum Gasteiger partial charge on any atom is 0.161 e. The van der Waals surface area contributed by atoms with Crippen LogP contribution in [0.25, 0.3) is 22.2 Å². The number of aromatic nitrogens is 3. The zero-order valence-electron chi connectivity index (χ0n) is 15.0. The highest BCUT2D eigenvalue weighted by Crippen LogP contribution is 2.47. The van der Waals surface area contributed by atoms with Gasteiger partial charge in [-0.05, 0) is 29.8 Å². The Morgan fingerprint density at radius 2 is 1.81 bits per heavy atom. The number of H-pyrrole nitrogens is 1. The molecule has 0 radical (unpaired) electrons. The van der Waals surface area contributed by atoms with Gasteiger partial charge in [-0.3, -0.25) is 0 Å². The van der Waals surface area contributed by atoms with Gasteiger partial charge in [0.1, 0.15) is 17.2 Å². The third-order valence-corrected chi connectivity index (χ3v) is 4.50. The van der Waals surface area contributed by atoms with Gasteiger partial charge < -0.3 is 19.9 Å². The molecule has 136 valence electrons. The van der Waals surface area contributed by atoms with E-state index in [0.717, 1.165) is 22.1 Å². The number of hydrogen-bond donors (Lipinski definition) is 3. The minimum Gasteiger partial charge on any atom is -0.508 e. The maximum atomic E-state index is 10.4. The van der Waals surface area contributed by atoms with E-state index < -0.39 is 6.10 Å². The lowest BCUT2D eigenvalue weighted by molar-refractivity contribution is 0.250. The van der Waals surface area contributed by atoms with Crippen molar-refractivity contribution in [3.05, 3.63) is 66.0 Å². The van der Waals surface area contributed by atoms with E-state index in [-0.39, 0.29) is 11.5 Å². The van der Waals surface area contributed by atoms with Crippen LogP contribution in [0.2, 0.25) is 0 Å². The molecule has 0 amide bonds.